The number of carbonyl (C=O) groups is 1. The van der Waals surface area contributed by atoms with E-state index in [2.05, 4.69) is 4.98 Å². The second-order valence-electron chi connectivity index (χ2n) is 3.38. The number of hydrogen-bond acceptors (Lipinski definition) is 4. The van der Waals surface area contributed by atoms with Crippen LogP contribution in [0, 0.1) is 5.82 Å². The number of halogens is 2. The molecule has 0 amide bonds. The molecular formula is C12H9ClFNO2S. The molecule has 6 heteroatoms. The molecule has 0 spiro atoms. The first-order valence-corrected chi connectivity index (χ1v) is 6.45. The number of ether oxygens (including phenoxy) is 1. The lowest BCUT2D eigenvalue weighted by atomic mass is 10.2. The van der Waals surface area contributed by atoms with Gasteiger partial charge in [-0.3, -0.25) is 0 Å². The Hall–Kier alpha value is -1.46. The highest BCUT2D eigenvalue weighted by atomic mass is 35.5. The predicted octanol–water partition coefficient (Wildman–Crippen LogP) is 3.78. The number of esters is 1. The lowest BCUT2D eigenvalue weighted by molar-refractivity contribution is 0.0520. The van der Waals surface area contributed by atoms with Crippen LogP contribution >= 0.6 is 22.9 Å². The van der Waals surface area contributed by atoms with E-state index in [1.165, 1.54) is 34.9 Å². The van der Waals surface area contributed by atoms with Gasteiger partial charge in [0.25, 0.3) is 0 Å². The van der Waals surface area contributed by atoms with Crippen molar-refractivity contribution in [2.45, 2.75) is 6.92 Å². The van der Waals surface area contributed by atoms with Gasteiger partial charge in [0.15, 0.2) is 5.69 Å². The van der Waals surface area contributed by atoms with Crippen LogP contribution in [0.1, 0.15) is 17.4 Å². The molecule has 0 aliphatic rings. The first-order chi connectivity index (χ1) is 8.61. The number of nitrogens with zero attached hydrogens (tertiary/aromatic N) is 1. The van der Waals surface area contributed by atoms with Crippen LogP contribution in [-0.4, -0.2) is 17.6 Å². The summed E-state index contributed by atoms with van der Waals surface area (Å²) < 4.78 is 18.4. The molecule has 2 aromatic rings. The van der Waals surface area contributed by atoms with Crippen molar-refractivity contribution in [3.63, 3.8) is 0 Å². The van der Waals surface area contributed by atoms with E-state index >= 15 is 0 Å². The van der Waals surface area contributed by atoms with E-state index in [0.29, 0.717) is 10.0 Å². The Balaban J connectivity index is 2.35. The molecule has 18 heavy (non-hydrogen) atoms. The minimum absolute atomic E-state index is 0.177. The molecule has 0 unspecified atom stereocenters. The highest BCUT2D eigenvalue weighted by Crippen LogP contribution is 2.28. The molecule has 0 fully saturated rings. The van der Waals surface area contributed by atoms with Gasteiger partial charge in [0.2, 0.25) is 0 Å². The molecule has 0 saturated carbocycles. The Bertz CT molecular complexity index is 585. The third-order valence-corrected chi connectivity index (χ3v) is 3.26. The van der Waals surface area contributed by atoms with Gasteiger partial charge in [-0.1, -0.05) is 11.6 Å². The standard InChI is InChI=1S/C12H9ClFNO2S/c1-2-17-12(16)10-6-18-11(15-10)8-5-7(13)3-4-9(8)14/h3-6H,2H2,1H3. The first-order valence-electron chi connectivity index (χ1n) is 5.20. The summed E-state index contributed by atoms with van der Waals surface area (Å²) in [6, 6.07) is 4.20. The van der Waals surface area contributed by atoms with Crippen LogP contribution < -0.4 is 0 Å². The smallest absolute Gasteiger partial charge is 0.357 e. The molecule has 1 aromatic carbocycles. The Morgan fingerprint density at radius 3 is 3.06 bits per heavy atom. The summed E-state index contributed by atoms with van der Waals surface area (Å²) in [7, 11) is 0. The van der Waals surface area contributed by atoms with Gasteiger partial charge in [0, 0.05) is 16.0 Å². The lowest BCUT2D eigenvalue weighted by Gasteiger charge is -1.99. The van der Waals surface area contributed by atoms with Crippen LogP contribution in [0.5, 0.6) is 0 Å². The third-order valence-electron chi connectivity index (χ3n) is 2.15. The van der Waals surface area contributed by atoms with Crippen molar-refractivity contribution in [2.24, 2.45) is 0 Å². The molecule has 94 valence electrons. The largest absolute Gasteiger partial charge is 0.461 e. The van der Waals surface area contributed by atoms with E-state index in [-0.39, 0.29) is 17.9 Å². The van der Waals surface area contributed by atoms with Gasteiger partial charge in [-0.15, -0.1) is 11.3 Å². The molecular weight excluding hydrogens is 277 g/mol. The second-order valence-corrected chi connectivity index (χ2v) is 4.68. The third kappa shape index (κ3) is 2.68. The monoisotopic (exact) mass is 285 g/mol. The van der Waals surface area contributed by atoms with Gasteiger partial charge in [-0.05, 0) is 25.1 Å². The summed E-state index contributed by atoms with van der Waals surface area (Å²) in [6.07, 6.45) is 0. The van der Waals surface area contributed by atoms with E-state index in [0.717, 1.165) is 0 Å². The summed E-state index contributed by atoms with van der Waals surface area (Å²) in [5, 5.41) is 2.35. The maximum atomic E-state index is 13.6. The molecule has 0 radical (unpaired) electrons. The minimum Gasteiger partial charge on any atom is -0.461 e. The zero-order valence-electron chi connectivity index (χ0n) is 9.44. The summed E-state index contributed by atoms with van der Waals surface area (Å²) in [5.41, 5.74) is 0.458. The fraction of sp³-hybridized carbons (Fsp3) is 0.167. The average molecular weight is 286 g/mol. The molecule has 3 nitrogen and oxygen atoms in total. The average Bonchev–Trinajstić information content (AvgIpc) is 2.82. The summed E-state index contributed by atoms with van der Waals surface area (Å²) >= 11 is 6.97. The molecule has 0 N–H and O–H groups in total. The predicted molar refractivity (Wildman–Crippen MR) is 68.5 cm³/mol. The van der Waals surface area contributed by atoms with Crippen LogP contribution in [0.4, 0.5) is 4.39 Å². The zero-order chi connectivity index (χ0) is 13.1. The molecule has 2 rings (SSSR count). The summed E-state index contributed by atoms with van der Waals surface area (Å²) in [4.78, 5) is 15.5. The van der Waals surface area contributed by atoms with Gasteiger partial charge in [-0.25, -0.2) is 14.2 Å². The summed E-state index contributed by atoms with van der Waals surface area (Å²) in [5.74, 6) is -0.938. The van der Waals surface area contributed by atoms with E-state index in [1.54, 1.807) is 6.92 Å². The Kier molecular flexibility index (Phi) is 3.93. The van der Waals surface area contributed by atoms with Gasteiger partial charge in [-0.2, -0.15) is 0 Å². The molecule has 0 saturated heterocycles. The fourth-order valence-electron chi connectivity index (χ4n) is 1.36. The van der Waals surface area contributed by atoms with E-state index in [9.17, 15) is 9.18 Å². The SMILES string of the molecule is CCOC(=O)c1csc(-c2cc(Cl)ccc2F)n1. The second kappa shape index (κ2) is 5.46. The molecule has 0 atom stereocenters. The van der Waals surface area contributed by atoms with Crippen LogP contribution in [0.3, 0.4) is 0 Å². The van der Waals surface area contributed by atoms with Crippen LogP contribution in [0.2, 0.25) is 5.02 Å². The Morgan fingerprint density at radius 1 is 1.56 bits per heavy atom. The Labute approximate surface area is 112 Å². The molecule has 0 aliphatic carbocycles. The molecule has 0 bridgehead atoms. The van der Waals surface area contributed by atoms with Gasteiger partial charge in [0.1, 0.15) is 10.8 Å². The van der Waals surface area contributed by atoms with Crippen molar-refractivity contribution in [3.05, 3.63) is 40.1 Å². The maximum Gasteiger partial charge on any atom is 0.357 e. The number of hydrogen-bond donors (Lipinski definition) is 0. The van der Waals surface area contributed by atoms with Gasteiger partial charge < -0.3 is 4.74 Å². The minimum atomic E-state index is -0.512. The van der Waals surface area contributed by atoms with Crippen molar-refractivity contribution in [1.82, 2.24) is 4.98 Å². The quantitative estimate of drug-likeness (QED) is 0.806. The van der Waals surface area contributed by atoms with E-state index in [4.69, 9.17) is 16.3 Å². The summed E-state index contributed by atoms with van der Waals surface area (Å²) in [6.45, 7) is 1.99. The molecule has 1 aromatic heterocycles. The van der Waals surface area contributed by atoms with Gasteiger partial charge in [0.05, 0.1) is 6.61 Å². The van der Waals surface area contributed by atoms with E-state index < -0.39 is 11.8 Å². The van der Waals surface area contributed by atoms with Crippen molar-refractivity contribution in [3.8, 4) is 10.6 Å². The van der Waals surface area contributed by atoms with Crippen molar-refractivity contribution < 1.29 is 13.9 Å². The van der Waals surface area contributed by atoms with Crippen LogP contribution in [0.25, 0.3) is 10.6 Å². The Morgan fingerprint density at radius 2 is 2.33 bits per heavy atom. The number of aromatic nitrogens is 1. The van der Waals surface area contributed by atoms with Crippen LogP contribution in [-0.2, 0) is 4.74 Å². The number of benzene rings is 1. The van der Waals surface area contributed by atoms with Crippen molar-refractivity contribution in [2.75, 3.05) is 6.61 Å². The number of thiazole rings is 1. The number of rotatable bonds is 3. The van der Waals surface area contributed by atoms with Crippen molar-refractivity contribution in [1.29, 1.82) is 0 Å². The van der Waals surface area contributed by atoms with Crippen molar-refractivity contribution >= 4 is 28.9 Å². The zero-order valence-corrected chi connectivity index (χ0v) is 11.0. The maximum absolute atomic E-state index is 13.6. The lowest BCUT2D eigenvalue weighted by Crippen LogP contribution is -2.04. The highest BCUT2D eigenvalue weighted by Gasteiger charge is 2.15. The van der Waals surface area contributed by atoms with Gasteiger partial charge >= 0.3 is 5.97 Å². The topological polar surface area (TPSA) is 39.2 Å². The molecule has 1 heterocycles. The highest BCUT2D eigenvalue weighted by molar-refractivity contribution is 7.13. The first kappa shape index (κ1) is 13.0. The molecule has 0 aliphatic heterocycles. The fourth-order valence-corrected chi connectivity index (χ4v) is 2.34. The normalized spacial score (nSPS) is 10.4. The van der Waals surface area contributed by atoms with E-state index in [1.807, 2.05) is 0 Å². The van der Waals surface area contributed by atoms with Crippen LogP contribution in [0.15, 0.2) is 23.6 Å². The number of carbonyl (C=O) groups excluding carboxylic acids is 1.